The number of nitrogens with zero attached hydrogens (tertiary/aromatic N) is 2. The van der Waals surface area contributed by atoms with E-state index in [2.05, 4.69) is 10.2 Å². The number of para-hydroxylation sites is 1. The molecule has 2 fully saturated rings. The number of benzene rings is 2. The van der Waals surface area contributed by atoms with Crippen LogP contribution in [0.25, 0.3) is 0 Å². The summed E-state index contributed by atoms with van der Waals surface area (Å²) in [7, 11) is -2.16. The first kappa shape index (κ1) is 23.8. The Hall–Kier alpha value is -2.38. The molecule has 1 saturated heterocycles. The number of hydrogen-bond acceptors (Lipinski definition) is 4. The predicted molar refractivity (Wildman–Crippen MR) is 132 cm³/mol. The van der Waals surface area contributed by atoms with Gasteiger partial charge in [0.25, 0.3) is 15.9 Å². The van der Waals surface area contributed by atoms with Crippen LogP contribution in [0.3, 0.4) is 0 Å². The third kappa shape index (κ3) is 5.25. The van der Waals surface area contributed by atoms with Gasteiger partial charge in [0, 0.05) is 24.7 Å². The second kappa shape index (κ2) is 10.3. The van der Waals surface area contributed by atoms with E-state index >= 15 is 0 Å². The lowest BCUT2D eigenvalue weighted by molar-refractivity contribution is 0.0326. The molecule has 1 heterocycles. The normalized spacial score (nSPS) is 19.1. The van der Waals surface area contributed by atoms with E-state index in [4.69, 9.17) is 0 Å². The molecule has 1 N–H and O–H groups in total. The summed E-state index contributed by atoms with van der Waals surface area (Å²) < 4.78 is 27.2. The van der Waals surface area contributed by atoms with E-state index in [1.54, 1.807) is 36.4 Å². The lowest BCUT2D eigenvalue weighted by Gasteiger charge is -2.48. The van der Waals surface area contributed by atoms with E-state index in [0.717, 1.165) is 25.9 Å². The molecule has 1 aliphatic carbocycles. The molecule has 0 aromatic heterocycles. The van der Waals surface area contributed by atoms with Gasteiger partial charge in [-0.05, 0) is 75.2 Å². The van der Waals surface area contributed by atoms with Crippen LogP contribution in [-0.2, 0) is 10.0 Å². The lowest BCUT2D eigenvalue weighted by atomic mass is 9.79. The van der Waals surface area contributed by atoms with Gasteiger partial charge in [0.05, 0.1) is 10.6 Å². The van der Waals surface area contributed by atoms with Crippen molar-refractivity contribution in [3.05, 3.63) is 60.2 Å². The van der Waals surface area contributed by atoms with Crippen molar-refractivity contribution in [2.45, 2.75) is 61.8 Å². The summed E-state index contributed by atoms with van der Waals surface area (Å²) in [5.74, 6) is -0.141. The van der Waals surface area contributed by atoms with Gasteiger partial charge >= 0.3 is 0 Å². The molecule has 1 amide bonds. The quantitative estimate of drug-likeness (QED) is 0.651. The molecule has 178 valence electrons. The summed E-state index contributed by atoms with van der Waals surface area (Å²) in [5.41, 5.74) is 1.14. The first-order valence-corrected chi connectivity index (χ1v) is 13.5. The average Bonchev–Trinajstić information content (AvgIpc) is 2.88. The van der Waals surface area contributed by atoms with Crippen LogP contribution in [0.4, 0.5) is 5.69 Å². The maximum absolute atomic E-state index is 13.0. The topological polar surface area (TPSA) is 69.7 Å². The minimum atomic E-state index is -3.69. The highest BCUT2D eigenvalue weighted by Crippen LogP contribution is 2.35. The summed E-state index contributed by atoms with van der Waals surface area (Å²) in [5, 5.41) is 3.17. The number of rotatable bonds is 7. The molecule has 2 aliphatic rings. The van der Waals surface area contributed by atoms with Crippen LogP contribution in [0.2, 0.25) is 0 Å². The van der Waals surface area contributed by atoms with Crippen LogP contribution in [0.1, 0.15) is 61.7 Å². The van der Waals surface area contributed by atoms with Gasteiger partial charge < -0.3 is 5.32 Å². The zero-order valence-electron chi connectivity index (χ0n) is 19.5. The third-order valence-electron chi connectivity index (χ3n) is 7.28. The van der Waals surface area contributed by atoms with Gasteiger partial charge in [0.2, 0.25) is 0 Å². The fourth-order valence-corrected chi connectivity index (χ4v) is 6.44. The van der Waals surface area contributed by atoms with Gasteiger partial charge in [-0.25, -0.2) is 8.42 Å². The summed E-state index contributed by atoms with van der Waals surface area (Å²) in [6.07, 6.45) is 9.75. The van der Waals surface area contributed by atoms with Gasteiger partial charge in [0.1, 0.15) is 0 Å². The second-order valence-corrected chi connectivity index (χ2v) is 11.3. The Morgan fingerprint density at radius 1 is 0.909 bits per heavy atom. The minimum absolute atomic E-state index is 0.0655. The Bertz CT molecular complexity index is 1030. The molecule has 0 radical (unpaired) electrons. The van der Waals surface area contributed by atoms with Crippen molar-refractivity contribution < 1.29 is 13.2 Å². The molecule has 0 atom stereocenters. The molecule has 1 saturated carbocycles. The number of piperidine rings is 1. The van der Waals surface area contributed by atoms with Gasteiger partial charge in [-0.1, -0.05) is 43.9 Å². The number of sulfonamides is 1. The van der Waals surface area contributed by atoms with Crippen LogP contribution in [0.5, 0.6) is 0 Å². The Kier molecular flexibility index (Phi) is 7.39. The van der Waals surface area contributed by atoms with E-state index in [-0.39, 0.29) is 16.3 Å². The highest BCUT2D eigenvalue weighted by atomic mass is 32.2. The van der Waals surface area contributed by atoms with E-state index < -0.39 is 10.0 Å². The standard InChI is InChI=1S/C26H35N3O3S/c1-28(23-11-5-2-6-12-23)33(31,32)24-15-13-22(14-16-24)25(30)27-21-26(17-7-3-8-18-26)29-19-9-4-10-20-29/h2,5-6,11-16H,3-4,7-10,17-21H2,1H3,(H,27,30). The van der Waals surface area contributed by atoms with E-state index in [9.17, 15) is 13.2 Å². The second-order valence-electron chi connectivity index (χ2n) is 9.35. The molecule has 4 rings (SSSR count). The molecule has 2 aromatic rings. The largest absolute Gasteiger partial charge is 0.350 e. The first-order chi connectivity index (χ1) is 15.9. The van der Waals surface area contributed by atoms with Crippen molar-refractivity contribution in [3.63, 3.8) is 0 Å². The van der Waals surface area contributed by atoms with E-state index in [0.29, 0.717) is 17.8 Å². The number of likely N-dealkylation sites (tertiary alicyclic amines) is 1. The van der Waals surface area contributed by atoms with Gasteiger partial charge in [-0.3, -0.25) is 14.0 Å². The van der Waals surface area contributed by atoms with Crippen molar-refractivity contribution in [2.24, 2.45) is 0 Å². The molecule has 0 unspecified atom stereocenters. The first-order valence-electron chi connectivity index (χ1n) is 12.1. The van der Waals surface area contributed by atoms with E-state index in [1.807, 2.05) is 6.07 Å². The fraction of sp³-hybridized carbons (Fsp3) is 0.500. The number of anilines is 1. The number of carbonyl (C=O) groups is 1. The summed E-state index contributed by atoms with van der Waals surface area (Å²) >= 11 is 0. The SMILES string of the molecule is CN(c1ccccc1)S(=O)(=O)c1ccc(C(=O)NCC2(N3CCCCC3)CCCCC2)cc1. The molecular weight excluding hydrogens is 434 g/mol. The third-order valence-corrected chi connectivity index (χ3v) is 9.08. The molecule has 0 spiro atoms. The molecule has 33 heavy (non-hydrogen) atoms. The Labute approximate surface area is 198 Å². The molecule has 6 nitrogen and oxygen atoms in total. The average molecular weight is 470 g/mol. The summed E-state index contributed by atoms with van der Waals surface area (Å²) in [6.45, 7) is 2.90. The van der Waals surface area contributed by atoms with Crippen LogP contribution in [-0.4, -0.2) is 51.4 Å². The Balaban J connectivity index is 1.43. The van der Waals surface area contributed by atoms with Crippen molar-refractivity contribution in [1.29, 1.82) is 0 Å². The zero-order chi connectivity index (χ0) is 23.3. The molecular formula is C26H35N3O3S. The van der Waals surface area contributed by atoms with Crippen molar-refractivity contribution >= 4 is 21.6 Å². The van der Waals surface area contributed by atoms with Crippen LogP contribution in [0.15, 0.2) is 59.5 Å². The van der Waals surface area contributed by atoms with Crippen molar-refractivity contribution in [1.82, 2.24) is 10.2 Å². The van der Waals surface area contributed by atoms with Crippen molar-refractivity contribution in [2.75, 3.05) is 31.0 Å². The Morgan fingerprint density at radius 3 is 2.15 bits per heavy atom. The maximum Gasteiger partial charge on any atom is 0.264 e. The highest BCUT2D eigenvalue weighted by Gasteiger charge is 2.38. The van der Waals surface area contributed by atoms with Gasteiger partial charge in [-0.2, -0.15) is 0 Å². The lowest BCUT2D eigenvalue weighted by Crippen LogP contribution is -2.58. The van der Waals surface area contributed by atoms with E-state index in [1.165, 1.54) is 62.0 Å². The number of hydrogen-bond donors (Lipinski definition) is 1. The smallest absolute Gasteiger partial charge is 0.264 e. The minimum Gasteiger partial charge on any atom is -0.350 e. The van der Waals surface area contributed by atoms with Gasteiger partial charge in [0.15, 0.2) is 0 Å². The van der Waals surface area contributed by atoms with Crippen LogP contribution >= 0.6 is 0 Å². The zero-order valence-corrected chi connectivity index (χ0v) is 20.3. The van der Waals surface area contributed by atoms with Crippen LogP contribution in [0, 0.1) is 0 Å². The number of nitrogens with one attached hydrogen (secondary N) is 1. The molecule has 1 aliphatic heterocycles. The van der Waals surface area contributed by atoms with Gasteiger partial charge in [-0.15, -0.1) is 0 Å². The molecule has 0 bridgehead atoms. The number of amides is 1. The fourth-order valence-electron chi connectivity index (χ4n) is 5.24. The van der Waals surface area contributed by atoms with Crippen molar-refractivity contribution in [3.8, 4) is 0 Å². The monoisotopic (exact) mass is 469 g/mol. The molecule has 2 aromatic carbocycles. The predicted octanol–water partition coefficient (Wildman–Crippen LogP) is 4.43. The van der Waals surface area contributed by atoms with Crippen LogP contribution < -0.4 is 9.62 Å². The number of carbonyl (C=O) groups excluding carboxylic acids is 1. The Morgan fingerprint density at radius 2 is 1.52 bits per heavy atom. The molecule has 7 heteroatoms. The summed E-state index contributed by atoms with van der Waals surface area (Å²) in [6, 6.07) is 15.2. The maximum atomic E-state index is 13.0. The summed E-state index contributed by atoms with van der Waals surface area (Å²) in [4.78, 5) is 15.7. The highest BCUT2D eigenvalue weighted by molar-refractivity contribution is 7.92.